The van der Waals surface area contributed by atoms with Crippen LogP contribution in [0.25, 0.3) is 0 Å². The molecule has 0 aromatic heterocycles. The maximum atomic E-state index is 11.2. The van der Waals surface area contributed by atoms with E-state index in [4.69, 9.17) is 16.2 Å². The summed E-state index contributed by atoms with van der Waals surface area (Å²) < 4.78 is 5.50. The molecule has 5 N–H and O–H groups in total. The van der Waals surface area contributed by atoms with Crippen molar-refractivity contribution in [3.05, 3.63) is 23.8 Å². The fourth-order valence-electron chi connectivity index (χ4n) is 1.95. The highest BCUT2D eigenvalue weighted by molar-refractivity contribution is 5.99. The minimum Gasteiger partial charge on any atom is -0.399 e. The summed E-state index contributed by atoms with van der Waals surface area (Å²) in [5, 5.41) is 3.17. The molecule has 5 nitrogen and oxygen atoms in total. The first-order valence-corrected chi connectivity index (χ1v) is 5.71. The molecular weight excluding hydrogens is 218 g/mol. The third kappa shape index (κ3) is 2.88. The van der Waals surface area contributed by atoms with Crippen LogP contribution >= 0.6 is 0 Å². The molecule has 1 amide bonds. The van der Waals surface area contributed by atoms with Gasteiger partial charge in [0.15, 0.2) is 0 Å². The van der Waals surface area contributed by atoms with Crippen LogP contribution in [0.4, 0.5) is 11.4 Å². The summed E-state index contributed by atoms with van der Waals surface area (Å²) in [5.41, 5.74) is 12.7. The summed E-state index contributed by atoms with van der Waals surface area (Å²) in [5.74, 6) is -0.458. The fraction of sp³-hybridized carbons (Fsp3) is 0.417. The number of rotatable bonds is 4. The van der Waals surface area contributed by atoms with Gasteiger partial charge in [-0.25, -0.2) is 0 Å². The van der Waals surface area contributed by atoms with E-state index in [1.165, 1.54) is 0 Å². The molecular formula is C12H17N3O2. The number of carbonyl (C=O) groups is 1. The molecule has 1 unspecified atom stereocenters. The van der Waals surface area contributed by atoms with Crippen LogP contribution in [-0.4, -0.2) is 25.2 Å². The number of amides is 1. The summed E-state index contributed by atoms with van der Waals surface area (Å²) in [7, 11) is 0. The van der Waals surface area contributed by atoms with Crippen LogP contribution in [0.5, 0.6) is 0 Å². The molecule has 0 aliphatic carbocycles. The number of nitrogens with two attached hydrogens (primary N) is 2. The highest BCUT2D eigenvalue weighted by atomic mass is 16.5. The van der Waals surface area contributed by atoms with Gasteiger partial charge in [0.25, 0.3) is 5.91 Å². The molecule has 1 atom stereocenters. The van der Waals surface area contributed by atoms with E-state index < -0.39 is 5.91 Å². The van der Waals surface area contributed by atoms with Gasteiger partial charge < -0.3 is 21.5 Å². The monoisotopic (exact) mass is 235 g/mol. The lowest BCUT2D eigenvalue weighted by molar-refractivity contribution is 0.100. The van der Waals surface area contributed by atoms with Crippen molar-refractivity contribution in [2.45, 2.75) is 18.9 Å². The topological polar surface area (TPSA) is 90.4 Å². The van der Waals surface area contributed by atoms with Gasteiger partial charge in [-0.1, -0.05) is 0 Å². The number of nitrogens with one attached hydrogen (secondary N) is 1. The minimum absolute atomic E-state index is 0.206. The summed E-state index contributed by atoms with van der Waals surface area (Å²) in [4.78, 5) is 11.2. The molecule has 1 fully saturated rings. The second kappa shape index (κ2) is 5.05. The van der Waals surface area contributed by atoms with Crippen LogP contribution < -0.4 is 16.8 Å². The van der Waals surface area contributed by atoms with E-state index in [9.17, 15) is 4.79 Å². The number of primary amides is 1. The molecule has 0 saturated carbocycles. The van der Waals surface area contributed by atoms with Crippen LogP contribution in [0.15, 0.2) is 18.2 Å². The molecule has 17 heavy (non-hydrogen) atoms. The molecule has 5 heteroatoms. The second-order valence-corrected chi connectivity index (χ2v) is 4.19. The van der Waals surface area contributed by atoms with Crippen molar-refractivity contribution in [1.29, 1.82) is 0 Å². The molecule has 1 aromatic carbocycles. The average Bonchev–Trinajstić information content (AvgIpc) is 2.78. The Balaban J connectivity index is 2.07. The van der Waals surface area contributed by atoms with Crippen molar-refractivity contribution in [3.63, 3.8) is 0 Å². The quantitative estimate of drug-likeness (QED) is 0.678. The first-order chi connectivity index (χ1) is 8.16. The Kier molecular flexibility index (Phi) is 3.49. The number of hydrogen-bond acceptors (Lipinski definition) is 4. The van der Waals surface area contributed by atoms with Crippen LogP contribution in [0.3, 0.4) is 0 Å². The fourth-order valence-corrected chi connectivity index (χ4v) is 1.95. The van der Waals surface area contributed by atoms with E-state index in [1.54, 1.807) is 18.2 Å². The lowest BCUT2D eigenvalue weighted by Crippen LogP contribution is -2.21. The third-order valence-electron chi connectivity index (χ3n) is 2.85. The summed E-state index contributed by atoms with van der Waals surface area (Å²) in [6, 6.07) is 5.02. The smallest absolute Gasteiger partial charge is 0.250 e. The molecule has 1 saturated heterocycles. The van der Waals surface area contributed by atoms with Crippen molar-refractivity contribution in [2.24, 2.45) is 5.73 Å². The van der Waals surface area contributed by atoms with Crippen molar-refractivity contribution in [2.75, 3.05) is 24.2 Å². The number of benzene rings is 1. The number of anilines is 2. The molecule has 1 aromatic rings. The van der Waals surface area contributed by atoms with Gasteiger partial charge in [-0.2, -0.15) is 0 Å². The molecule has 1 heterocycles. The van der Waals surface area contributed by atoms with E-state index in [2.05, 4.69) is 5.32 Å². The number of carbonyl (C=O) groups excluding carboxylic acids is 1. The normalized spacial score (nSPS) is 19.2. The zero-order valence-electron chi connectivity index (χ0n) is 9.61. The highest BCUT2D eigenvalue weighted by Gasteiger charge is 2.16. The Bertz CT molecular complexity index is 414. The number of ether oxygens (including phenoxy) is 1. The lowest BCUT2D eigenvalue weighted by atomic mass is 10.1. The summed E-state index contributed by atoms with van der Waals surface area (Å²) in [6.07, 6.45) is 2.34. The maximum Gasteiger partial charge on any atom is 0.250 e. The molecule has 0 spiro atoms. The van der Waals surface area contributed by atoms with Gasteiger partial charge in [-0.15, -0.1) is 0 Å². The maximum absolute atomic E-state index is 11.2. The number of nitrogen functional groups attached to an aromatic ring is 1. The van der Waals surface area contributed by atoms with E-state index in [0.29, 0.717) is 23.5 Å². The third-order valence-corrected chi connectivity index (χ3v) is 2.85. The number of hydrogen-bond donors (Lipinski definition) is 3. The van der Waals surface area contributed by atoms with Gasteiger partial charge in [0.05, 0.1) is 11.7 Å². The highest BCUT2D eigenvalue weighted by Crippen LogP contribution is 2.20. The van der Waals surface area contributed by atoms with Gasteiger partial charge in [-0.3, -0.25) is 4.79 Å². The van der Waals surface area contributed by atoms with Gasteiger partial charge in [0.2, 0.25) is 0 Å². The Morgan fingerprint density at radius 3 is 3.00 bits per heavy atom. The average molecular weight is 235 g/mol. The Morgan fingerprint density at radius 2 is 2.35 bits per heavy atom. The molecule has 0 radical (unpaired) electrons. The molecule has 1 aliphatic heterocycles. The van der Waals surface area contributed by atoms with Crippen LogP contribution in [0.2, 0.25) is 0 Å². The van der Waals surface area contributed by atoms with Gasteiger partial charge in [-0.05, 0) is 31.0 Å². The lowest BCUT2D eigenvalue weighted by Gasteiger charge is -2.14. The van der Waals surface area contributed by atoms with Crippen molar-refractivity contribution in [1.82, 2.24) is 0 Å². The predicted octanol–water partition coefficient (Wildman–Crippen LogP) is 0.959. The van der Waals surface area contributed by atoms with Gasteiger partial charge >= 0.3 is 0 Å². The summed E-state index contributed by atoms with van der Waals surface area (Å²) in [6.45, 7) is 1.48. The molecule has 1 aliphatic rings. The predicted molar refractivity (Wildman–Crippen MR) is 66.8 cm³/mol. The van der Waals surface area contributed by atoms with Crippen LogP contribution in [0.1, 0.15) is 23.2 Å². The largest absolute Gasteiger partial charge is 0.399 e. The van der Waals surface area contributed by atoms with E-state index >= 15 is 0 Å². The van der Waals surface area contributed by atoms with E-state index in [-0.39, 0.29) is 6.10 Å². The van der Waals surface area contributed by atoms with Gasteiger partial charge in [0, 0.05) is 24.5 Å². The van der Waals surface area contributed by atoms with E-state index in [0.717, 1.165) is 19.4 Å². The Labute approximate surface area is 100 Å². The van der Waals surface area contributed by atoms with Crippen molar-refractivity contribution < 1.29 is 9.53 Å². The zero-order chi connectivity index (χ0) is 12.3. The second-order valence-electron chi connectivity index (χ2n) is 4.19. The van der Waals surface area contributed by atoms with E-state index in [1.807, 2.05) is 0 Å². The van der Waals surface area contributed by atoms with Crippen molar-refractivity contribution in [3.8, 4) is 0 Å². The first kappa shape index (κ1) is 11.7. The van der Waals surface area contributed by atoms with Crippen molar-refractivity contribution >= 4 is 17.3 Å². The minimum atomic E-state index is -0.458. The molecule has 0 bridgehead atoms. The Morgan fingerprint density at radius 1 is 1.53 bits per heavy atom. The Hall–Kier alpha value is -1.75. The van der Waals surface area contributed by atoms with Crippen LogP contribution in [-0.2, 0) is 4.74 Å². The molecule has 92 valence electrons. The SMILES string of the molecule is NC(=O)c1ccc(N)cc1NCC1CCCO1. The zero-order valence-corrected chi connectivity index (χ0v) is 9.61. The molecule has 2 rings (SSSR count). The first-order valence-electron chi connectivity index (χ1n) is 5.71. The summed E-state index contributed by atoms with van der Waals surface area (Å²) >= 11 is 0. The van der Waals surface area contributed by atoms with Gasteiger partial charge in [0.1, 0.15) is 0 Å². The van der Waals surface area contributed by atoms with Crippen LogP contribution in [0, 0.1) is 0 Å². The standard InChI is InChI=1S/C12H17N3O2/c13-8-3-4-10(12(14)16)11(6-8)15-7-9-2-1-5-17-9/h3-4,6,9,15H,1-2,5,7,13H2,(H2,14,16).